The molecule has 20 heavy (non-hydrogen) atoms. The fraction of sp³-hybridized carbons (Fsp3) is 0.250. The summed E-state index contributed by atoms with van der Waals surface area (Å²) in [5.74, 6) is 0.804. The van der Waals surface area contributed by atoms with Gasteiger partial charge in [-0.3, -0.25) is 9.78 Å². The molecule has 0 aliphatic rings. The van der Waals surface area contributed by atoms with Gasteiger partial charge in [0, 0.05) is 27.8 Å². The van der Waals surface area contributed by atoms with Crippen LogP contribution in [-0.2, 0) is 6.42 Å². The molecule has 0 spiro atoms. The van der Waals surface area contributed by atoms with E-state index in [9.17, 15) is 4.79 Å². The first-order chi connectivity index (χ1) is 9.51. The van der Waals surface area contributed by atoms with E-state index < -0.39 is 0 Å². The summed E-state index contributed by atoms with van der Waals surface area (Å²) in [4.78, 5) is 16.7. The Bertz CT molecular complexity index is 653. The lowest BCUT2D eigenvalue weighted by Gasteiger charge is -2.08. The number of Topliss-reactive ketones (excluding diaryl/α,β-unsaturated/α-hetero) is 1. The van der Waals surface area contributed by atoms with Crippen molar-refractivity contribution >= 4 is 21.7 Å². The molecule has 0 N–H and O–H groups in total. The lowest BCUT2D eigenvalue weighted by Crippen LogP contribution is -2.08. The third-order valence-corrected chi connectivity index (χ3v) is 3.90. The van der Waals surface area contributed by atoms with Gasteiger partial charge in [0.2, 0.25) is 0 Å². The molecule has 0 fully saturated rings. The normalized spacial score (nSPS) is 10.4. The first-order valence-electron chi connectivity index (χ1n) is 6.31. The number of benzene rings is 1. The number of hydrogen-bond donors (Lipinski definition) is 0. The Labute approximate surface area is 127 Å². The van der Waals surface area contributed by atoms with Crippen LogP contribution >= 0.6 is 15.9 Å². The predicted molar refractivity (Wildman–Crippen MR) is 82.4 cm³/mol. The molecule has 1 heterocycles. The van der Waals surface area contributed by atoms with Crippen LogP contribution in [0.5, 0.6) is 5.75 Å². The minimum atomic E-state index is 0.0592. The maximum atomic E-state index is 12.4. The molecule has 0 unspecified atom stereocenters. The smallest absolute Gasteiger partial charge is 0.169 e. The molecule has 0 radical (unpaired) electrons. The van der Waals surface area contributed by atoms with Gasteiger partial charge in [0.25, 0.3) is 0 Å². The highest BCUT2D eigenvalue weighted by Gasteiger charge is 2.13. The molecule has 1 aromatic carbocycles. The highest BCUT2D eigenvalue weighted by Crippen LogP contribution is 2.24. The van der Waals surface area contributed by atoms with E-state index in [0.717, 1.165) is 27.2 Å². The van der Waals surface area contributed by atoms with Gasteiger partial charge in [0.15, 0.2) is 5.78 Å². The second-order valence-corrected chi connectivity index (χ2v) is 5.50. The molecule has 0 saturated heterocycles. The van der Waals surface area contributed by atoms with Crippen LogP contribution in [0.4, 0.5) is 0 Å². The van der Waals surface area contributed by atoms with E-state index in [1.165, 1.54) is 0 Å². The van der Waals surface area contributed by atoms with Crippen molar-refractivity contribution in [1.29, 1.82) is 0 Å². The van der Waals surface area contributed by atoms with E-state index in [-0.39, 0.29) is 5.78 Å². The number of nitrogens with zero attached hydrogens (tertiary/aromatic N) is 1. The first-order valence-corrected chi connectivity index (χ1v) is 7.10. The van der Waals surface area contributed by atoms with Gasteiger partial charge in [0.05, 0.1) is 7.11 Å². The standard InChI is InChI=1S/C16H16BrNO2/c1-10-4-6-14(11(2)18-10)16(19)9-12-8-13(20-3)5-7-15(12)17/h4-8H,9H2,1-3H3. The maximum Gasteiger partial charge on any atom is 0.169 e. The number of hydrogen-bond acceptors (Lipinski definition) is 3. The van der Waals surface area contributed by atoms with Crippen LogP contribution in [0.1, 0.15) is 27.3 Å². The van der Waals surface area contributed by atoms with E-state index in [1.807, 2.05) is 44.2 Å². The van der Waals surface area contributed by atoms with Crippen LogP contribution in [0.15, 0.2) is 34.8 Å². The van der Waals surface area contributed by atoms with Crippen molar-refractivity contribution in [3.63, 3.8) is 0 Å². The monoisotopic (exact) mass is 333 g/mol. The van der Waals surface area contributed by atoms with E-state index in [0.29, 0.717) is 12.0 Å². The van der Waals surface area contributed by atoms with E-state index >= 15 is 0 Å². The zero-order valence-electron chi connectivity index (χ0n) is 11.7. The van der Waals surface area contributed by atoms with Gasteiger partial charge >= 0.3 is 0 Å². The average molecular weight is 334 g/mol. The molecule has 2 rings (SSSR count). The van der Waals surface area contributed by atoms with Crippen LogP contribution in [-0.4, -0.2) is 17.9 Å². The zero-order valence-corrected chi connectivity index (χ0v) is 13.3. The summed E-state index contributed by atoms with van der Waals surface area (Å²) in [6.07, 6.45) is 0.323. The SMILES string of the molecule is COc1ccc(Br)c(CC(=O)c2ccc(C)nc2C)c1. The molecule has 104 valence electrons. The lowest BCUT2D eigenvalue weighted by molar-refractivity contribution is 0.0992. The molecule has 0 amide bonds. The minimum absolute atomic E-state index is 0.0592. The maximum absolute atomic E-state index is 12.4. The number of halogens is 1. The first kappa shape index (κ1) is 14.7. The van der Waals surface area contributed by atoms with Crippen molar-refractivity contribution in [2.24, 2.45) is 0 Å². The quantitative estimate of drug-likeness (QED) is 0.796. The van der Waals surface area contributed by atoms with Crippen molar-refractivity contribution in [2.75, 3.05) is 7.11 Å². The fourth-order valence-corrected chi connectivity index (χ4v) is 2.45. The number of aromatic nitrogens is 1. The van der Waals surface area contributed by atoms with Crippen molar-refractivity contribution in [3.05, 3.63) is 57.3 Å². The van der Waals surface area contributed by atoms with Crippen LogP contribution in [0.3, 0.4) is 0 Å². The Balaban J connectivity index is 2.27. The number of ether oxygens (including phenoxy) is 1. The zero-order chi connectivity index (χ0) is 14.7. The predicted octanol–water partition coefficient (Wildman–Crippen LogP) is 3.89. The summed E-state index contributed by atoms with van der Waals surface area (Å²) in [5.41, 5.74) is 3.27. The summed E-state index contributed by atoms with van der Waals surface area (Å²) in [6, 6.07) is 9.33. The van der Waals surface area contributed by atoms with Gasteiger partial charge in [-0.1, -0.05) is 15.9 Å². The molecule has 0 atom stereocenters. The molecule has 0 aliphatic heterocycles. The molecular weight excluding hydrogens is 318 g/mol. The Morgan fingerprint density at radius 3 is 2.65 bits per heavy atom. The van der Waals surface area contributed by atoms with Crippen molar-refractivity contribution in [1.82, 2.24) is 4.98 Å². The van der Waals surface area contributed by atoms with Crippen molar-refractivity contribution < 1.29 is 9.53 Å². The van der Waals surface area contributed by atoms with Crippen LogP contribution in [0.2, 0.25) is 0 Å². The molecule has 0 bridgehead atoms. The van der Waals surface area contributed by atoms with E-state index in [1.54, 1.807) is 7.11 Å². The van der Waals surface area contributed by atoms with E-state index in [4.69, 9.17) is 4.74 Å². The summed E-state index contributed by atoms with van der Waals surface area (Å²) in [6.45, 7) is 3.78. The Morgan fingerprint density at radius 1 is 1.25 bits per heavy atom. The number of pyridine rings is 1. The van der Waals surface area contributed by atoms with Crippen LogP contribution in [0, 0.1) is 13.8 Å². The summed E-state index contributed by atoms with van der Waals surface area (Å²) in [5, 5.41) is 0. The highest BCUT2D eigenvalue weighted by molar-refractivity contribution is 9.10. The van der Waals surface area contributed by atoms with Crippen molar-refractivity contribution in [3.8, 4) is 5.75 Å². The number of methoxy groups -OCH3 is 1. The van der Waals surface area contributed by atoms with E-state index in [2.05, 4.69) is 20.9 Å². The molecule has 3 nitrogen and oxygen atoms in total. The van der Waals surface area contributed by atoms with Gasteiger partial charge in [-0.25, -0.2) is 0 Å². The molecule has 4 heteroatoms. The molecule has 1 aromatic heterocycles. The molecule has 0 aliphatic carbocycles. The van der Waals surface area contributed by atoms with Gasteiger partial charge in [-0.15, -0.1) is 0 Å². The van der Waals surface area contributed by atoms with Gasteiger partial charge in [-0.05, 0) is 49.7 Å². The second kappa shape index (κ2) is 6.18. The highest BCUT2D eigenvalue weighted by atomic mass is 79.9. The number of ketones is 1. The molecule has 2 aromatic rings. The number of carbonyl (C=O) groups excluding carboxylic acids is 1. The molecule has 0 saturated carbocycles. The summed E-state index contributed by atoms with van der Waals surface area (Å²) < 4.78 is 6.10. The Morgan fingerprint density at radius 2 is 2.00 bits per heavy atom. The average Bonchev–Trinajstić information content (AvgIpc) is 2.41. The van der Waals surface area contributed by atoms with Crippen molar-refractivity contribution in [2.45, 2.75) is 20.3 Å². The van der Waals surface area contributed by atoms with Crippen LogP contribution < -0.4 is 4.74 Å². The summed E-state index contributed by atoms with van der Waals surface area (Å²) in [7, 11) is 1.61. The van der Waals surface area contributed by atoms with Gasteiger partial charge in [-0.2, -0.15) is 0 Å². The van der Waals surface area contributed by atoms with Gasteiger partial charge < -0.3 is 4.74 Å². The Hall–Kier alpha value is -1.68. The molecular formula is C16H16BrNO2. The fourth-order valence-electron chi connectivity index (χ4n) is 2.06. The van der Waals surface area contributed by atoms with Gasteiger partial charge in [0.1, 0.15) is 5.75 Å². The van der Waals surface area contributed by atoms with Crippen LogP contribution in [0.25, 0.3) is 0 Å². The second-order valence-electron chi connectivity index (χ2n) is 4.64. The largest absolute Gasteiger partial charge is 0.497 e. The topological polar surface area (TPSA) is 39.2 Å². The third kappa shape index (κ3) is 3.25. The number of carbonyl (C=O) groups is 1. The Kier molecular flexibility index (Phi) is 4.55. The summed E-state index contributed by atoms with van der Waals surface area (Å²) >= 11 is 3.47. The minimum Gasteiger partial charge on any atom is -0.497 e. The number of aryl methyl sites for hydroxylation is 2. The third-order valence-electron chi connectivity index (χ3n) is 3.13. The number of rotatable bonds is 4. The lowest BCUT2D eigenvalue weighted by atomic mass is 10.0.